The first kappa shape index (κ1) is 16.2. The first-order chi connectivity index (χ1) is 11.5. The van der Waals surface area contributed by atoms with Crippen molar-refractivity contribution in [1.29, 1.82) is 0 Å². The Labute approximate surface area is 142 Å². The van der Waals surface area contributed by atoms with E-state index in [1.165, 1.54) is 5.56 Å². The number of para-hydroxylation sites is 1. The van der Waals surface area contributed by atoms with Gasteiger partial charge in [0.1, 0.15) is 5.41 Å². The Balaban J connectivity index is 1.69. The number of hydrogen-bond acceptors (Lipinski definition) is 2. The largest absolute Gasteiger partial charge is 0.325 e. The molecule has 0 bridgehead atoms. The van der Waals surface area contributed by atoms with Crippen LogP contribution in [0.15, 0.2) is 48.5 Å². The smallest absolute Gasteiger partial charge is 0.240 e. The normalized spacial score (nSPS) is 14.8. The van der Waals surface area contributed by atoms with E-state index in [0.717, 1.165) is 23.4 Å². The van der Waals surface area contributed by atoms with Gasteiger partial charge in [0.2, 0.25) is 11.8 Å². The summed E-state index contributed by atoms with van der Waals surface area (Å²) in [6, 6.07) is 15.3. The summed E-state index contributed by atoms with van der Waals surface area (Å²) in [5.74, 6) is -0.447. The van der Waals surface area contributed by atoms with E-state index in [1.807, 2.05) is 55.5 Å². The second-order valence-corrected chi connectivity index (χ2v) is 6.36. The van der Waals surface area contributed by atoms with Crippen molar-refractivity contribution in [1.82, 2.24) is 0 Å². The molecule has 0 atom stereocenters. The number of hydrogen-bond donors (Lipinski definition) is 2. The van der Waals surface area contributed by atoms with Gasteiger partial charge >= 0.3 is 0 Å². The molecule has 2 amide bonds. The maximum absolute atomic E-state index is 12.6. The van der Waals surface area contributed by atoms with Crippen LogP contribution in [0, 0.1) is 12.3 Å². The molecule has 24 heavy (non-hydrogen) atoms. The van der Waals surface area contributed by atoms with Gasteiger partial charge in [-0.1, -0.05) is 37.3 Å². The minimum absolute atomic E-state index is 0.223. The predicted octanol–water partition coefficient (Wildman–Crippen LogP) is 3.91. The van der Waals surface area contributed by atoms with Crippen LogP contribution in [0.25, 0.3) is 0 Å². The molecular weight excluding hydrogens is 300 g/mol. The highest BCUT2D eigenvalue weighted by Gasteiger charge is 2.56. The van der Waals surface area contributed by atoms with Crippen LogP contribution in [0.2, 0.25) is 0 Å². The van der Waals surface area contributed by atoms with E-state index in [0.29, 0.717) is 12.8 Å². The Bertz CT molecular complexity index is 761. The van der Waals surface area contributed by atoms with Crippen LogP contribution in [0.5, 0.6) is 0 Å². The molecule has 0 radical (unpaired) electrons. The topological polar surface area (TPSA) is 58.2 Å². The Kier molecular flexibility index (Phi) is 4.38. The van der Waals surface area contributed by atoms with Crippen molar-refractivity contribution in [3.8, 4) is 0 Å². The van der Waals surface area contributed by atoms with Crippen LogP contribution in [-0.2, 0) is 16.0 Å². The Morgan fingerprint density at radius 2 is 1.58 bits per heavy atom. The zero-order chi connectivity index (χ0) is 17.2. The Morgan fingerprint density at radius 3 is 2.17 bits per heavy atom. The number of nitrogens with one attached hydrogen (secondary N) is 2. The maximum Gasteiger partial charge on any atom is 0.240 e. The lowest BCUT2D eigenvalue weighted by molar-refractivity contribution is -0.131. The van der Waals surface area contributed by atoms with E-state index >= 15 is 0 Å². The molecule has 2 aromatic rings. The van der Waals surface area contributed by atoms with Gasteiger partial charge in [0.25, 0.3) is 0 Å². The lowest BCUT2D eigenvalue weighted by Crippen LogP contribution is -2.35. The van der Waals surface area contributed by atoms with Gasteiger partial charge in [-0.05, 0) is 55.5 Å². The molecule has 0 spiro atoms. The third kappa shape index (κ3) is 3.18. The summed E-state index contributed by atoms with van der Waals surface area (Å²) in [7, 11) is 0. The maximum atomic E-state index is 12.6. The van der Waals surface area contributed by atoms with E-state index in [9.17, 15) is 9.59 Å². The summed E-state index contributed by atoms with van der Waals surface area (Å²) in [5, 5.41) is 5.78. The molecule has 0 unspecified atom stereocenters. The lowest BCUT2D eigenvalue weighted by atomic mass is 10.0. The number of amides is 2. The van der Waals surface area contributed by atoms with Gasteiger partial charge in [0, 0.05) is 11.4 Å². The summed E-state index contributed by atoms with van der Waals surface area (Å²) in [6.07, 6.45) is 2.13. The molecule has 124 valence electrons. The number of carbonyl (C=O) groups excluding carboxylic acids is 2. The summed E-state index contributed by atoms with van der Waals surface area (Å²) in [6.45, 7) is 4.02. The number of anilines is 2. The van der Waals surface area contributed by atoms with E-state index in [4.69, 9.17) is 0 Å². The second kappa shape index (κ2) is 6.48. The van der Waals surface area contributed by atoms with Gasteiger partial charge in [-0.2, -0.15) is 0 Å². The number of aryl methyl sites for hydroxylation is 2. The molecule has 2 aromatic carbocycles. The fourth-order valence-corrected chi connectivity index (χ4v) is 2.71. The van der Waals surface area contributed by atoms with Gasteiger partial charge in [-0.25, -0.2) is 0 Å². The van der Waals surface area contributed by atoms with Gasteiger partial charge in [0.15, 0.2) is 0 Å². The molecule has 3 rings (SSSR count). The third-order valence-corrected chi connectivity index (χ3v) is 4.63. The third-order valence-electron chi connectivity index (χ3n) is 4.63. The number of benzene rings is 2. The van der Waals surface area contributed by atoms with E-state index in [-0.39, 0.29) is 11.8 Å². The molecule has 1 saturated carbocycles. The molecule has 1 aliphatic carbocycles. The van der Waals surface area contributed by atoms with Crippen LogP contribution < -0.4 is 10.6 Å². The van der Waals surface area contributed by atoms with Crippen LogP contribution >= 0.6 is 0 Å². The summed E-state index contributed by atoms with van der Waals surface area (Å²) < 4.78 is 0. The zero-order valence-corrected chi connectivity index (χ0v) is 14.1. The van der Waals surface area contributed by atoms with Crippen LogP contribution in [0.4, 0.5) is 11.4 Å². The molecule has 1 fully saturated rings. The first-order valence-corrected chi connectivity index (χ1v) is 8.32. The fraction of sp³-hybridized carbons (Fsp3) is 0.300. The summed E-state index contributed by atoms with van der Waals surface area (Å²) >= 11 is 0. The van der Waals surface area contributed by atoms with Crippen LogP contribution in [0.3, 0.4) is 0 Å². The first-order valence-electron chi connectivity index (χ1n) is 8.32. The summed E-state index contributed by atoms with van der Waals surface area (Å²) in [5.41, 5.74) is 2.75. The van der Waals surface area contributed by atoms with E-state index in [1.54, 1.807) is 0 Å². The second-order valence-electron chi connectivity index (χ2n) is 6.36. The van der Waals surface area contributed by atoms with Crippen LogP contribution in [-0.4, -0.2) is 11.8 Å². The molecule has 4 nitrogen and oxygen atoms in total. The fourth-order valence-electron chi connectivity index (χ4n) is 2.71. The van der Waals surface area contributed by atoms with Crippen molar-refractivity contribution in [2.45, 2.75) is 33.1 Å². The molecule has 1 aliphatic rings. The minimum atomic E-state index is -0.939. The predicted molar refractivity (Wildman–Crippen MR) is 95.9 cm³/mol. The monoisotopic (exact) mass is 322 g/mol. The standard InChI is InChI=1S/C20H22N2O2/c1-3-15-8-10-16(11-9-15)21-18(23)20(12-13-20)19(24)22-17-7-5-4-6-14(17)2/h4-11H,3,12-13H2,1-2H3,(H,21,23)(H,22,24). The zero-order valence-electron chi connectivity index (χ0n) is 14.1. The number of rotatable bonds is 5. The molecule has 0 heterocycles. The lowest BCUT2D eigenvalue weighted by Gasteiger charge is -2.16. The van der Waals surface area contributed by atoms with E-state index in [2.05, 4.69) is 17.6 Å². The number of carbonyl (C=O) groups is 2. The average molecular weight is 322 g/mol. The molecular formula is C20H22N2O2. The highest BCUT2D eigenvalue weighted by atomic mass is 16.2. The minimum Gasteiger partial charge on any atom is -0.325 e. The van der Waals surface area contributed by atoms with Crippen molar-refractivity contribution in [3.63, 3.8) is 0 Å². The highest BCUT2D eigenvalue weighted by molar-refractivity contribution is 6.17. The van der Waals surface area contributed by atoms with Gasteiger partial charge < -0.3 is 10.6 Å². The molecule has 0 aromatic heterocycles. The van der Waals surface area contributed by atoms with Gasteiger partial charge in [-0.3, -0.25) is 9.59 Å². The Hall–Kier alpha value is -2.62. The summed E-state index contributed by atoms with van der Waals surface area (Å²) in [4.78, 5) is 25.2. The van der Waals surface area contributed by atoms with Crippen molar-refractivity contribution in [2.24, 2.45) is 5.41 Å². The molecule has 4 heteroatoms. The van der Waals surface area contributed by atoms with E-state index < -0.39 is 5.41 Å². The van der Waals surface area contributed by atoms with Crippen molar-refractivity contribution < 1.29 is 9.59 Å². The SMILES string of the molecule is CCc1ccc(NC(=O)C2(C(=O)Nc3ccccc3C)CC2)cc1. The quantitative estimate of drug-likeness (QED) is 0.820. The van der Waals surface area contributed by atoms with Crippen molar-refractivity contribution in [2.75, 3.05) is 10.6 Å². The van der Waals surface area contributed by atoms with Gasteiger partial charge in [-0.15, -0.1) is 0 Å². The van der Waals surface area contributed by atoms with Gasteiger partial charge in [0.05, 0.1) is 0 Å². The molecule has 0 aliphatic heterocycles. The average Bonchev–Trinajstić information content (AvgIpc) is 3.39. The highest BCUT2D eigenvalue weighted by Crippen LogP contribution is 2.47. The molecule has 0 saturated heterocycles. The molecule has 2 N–H and O–H groups in total. The Morgan fingerprint density at radius 1 is 0.958 bits per heavy atom. The van der Waals surface area contributed by atoms with Crippen molar-refractivity contribution >= 4 is 23.2 Å². The van der Waals surface area contributed by atoms with Crippen molar-refractivity contribution in [3.05, 3.63) is 59.7 Å². The van der Waals surface area contributed by atoms with Crippen LogP contribution in [0.1, 0.15) is 30.9 Å².